The number of aromatic nitrogens is 1. The highest BCUT2D eigenvalue weighted by Crippen LogP contribution is 2.27. The van der Waals surface area contributed by atoms with E-state index in [2.05, 4.69) is 4.98 Å². The molecule has 6 heteroatoms. The molecule has 1 atom stereocenters. The monoisotopic (exact) mass is 301 g/mol. The maximum absolute atomic E-state index is 12.4. The number of hydrogen-bond donors (Lipinski definition) is 1. The Morgan fingerprint density at radius 3 is 2.86 bits per heavy atom. The second-order valence-corrected chi connectivity index (χ2v) is 5.74. The molecule has 3 rings (SSSR count). The van der Waals surface area contributed by atoms with Crippen LogP contribution in [0, 0.1) is 0 Å². The Morgan fingerprint density at radius 2 is 2.19 bits per heavy atom. The number of benzene rings is 1. The van der Waals surface area contributed by atoms with E-state index in [1.54, 1.807) is 17.3 Å². The number of nitrogens with two attached hydrogens (primary N) is 1. The average molecular weight is 301 g/mol. The zero-order valence-electron chi connectivity index (χ0n) is 11.7. The minimum absolute atomic E-state index is 0.170. The van der Waals surface area contributed by atoms with Crippen molar-refractivity contribution in [3.63, 3.8) is 0 Å². The molecule has 5 nitrogen and oxygen atoms in total. The van der Waals surface area contributed by atoms with Crippen molar-refractivity contribution in [1.82, 2.24) is 9.88 Å². The average Bonchev–Trinajstić information content (AvgIpc) is 3.10. The first-order valence-electron chi connectivity index (χ1n) is 6.53. The van der Waals surface area contributed by atoms with Gasteiger partial charge in [-0.05, 0) is 19.1 Å². The van der Waals surface area contributed by atoms with Crippen LogP contribution in [0.4, 0.5) is 5.13 Å². The van der Waals surface area contributed by atoms with E-state index in [9.17, 15) is 4.79 Å². The van der Waals surface area contributed by atoms with E-state index in [0.29, 0.717) is 10.8 Å². The van der Waals surface area contributed by atoms with Crippen LogP contribution in [0.5, 0.6) is 0 Å². The number of rotatable bonds is 3. The molecule has 0 spiro atoms. The molecule has 1 unspecified atom stereocenters. The number of amides is 1. The Labute approximate surface area is 126 Å². The van der Waals surface area contributed by atoms with E-state index in [-0.39, 0.29) is 11.9 Å². The summed E-state index contributed by atoms with van der Waals surface area (Å²) in [5.41, 5.74) is 6.75. The highest BCUT2D eigenvalue weighted by Gasteiger charge is 2.23. The molecule has 108 valence electrons. The third-order valence-electron chi connectivity index (χ3n) is 3.50. The predicted molar refractivity (Wildman–Crippen MR) is 83.2 cm³/mol. The standard InChI is InChI=1S/C15H15N3O2S/c1-9(13-7-10-5-3-4-6-12(10)20-13)18(2)14(19)11-8-21-15(16)17-11/h3-9H,1-2H3,(H2,16,17). The van der Waals surface area contributed by atoms with E-state index in [0.717, 1.165) is 16.7 Å². The molecule has 0 saturated carbocycles. The SMILES string of the molecule is CC(c1cc2ccccc2o1)N(C)C(=O)c1csc(N)n1. The molecule has 0 aliphatic rings. The molecule has 2 heterocycles. The Bertz CT molecular complexity index is 760. The first kappa shape index (κ1) is 13.6. The van der Waals surface area contributed by atoms with Crippen molar-refractivity contribution < 1.29 is 9.21 Å². The van der Waals surface area contributed by atoms with Gasteiger partial charge in [-0.1, -0.05) is 18.2 Å². The fraction of sp³-hybridized carbons (Fsp3) is 0.200. The highest BCUT2D eigenvalue weighted by atomic mass is 32.1. The molecular formula is C15H15N3O2S. The van der Waals surface area contributed by atoms with Crippen molar-refractivity contribution in [1.29, 1.82) is 0 Å². The third kappa shape index (κ3) is 2.50. The van der Waals surface area contributed by atoms with Gasteiger partial charge in [0.1, 0.15) is 17.0 Å². The van der Waals surface area contributed by atoms with Crippen molar-refractivity contribution in [2.75, 3.05) is 12.8 Å². The van der Waals surface area contributed by atoms with Crippen molar-refractivity contribution in [2.24, 2.45) is 0 Å². The number of carbonyl (C=O) groups excluding carboxylic acids is 1. The Balaban J connectivity index is 1.86. The van der Waals surface area contributed by atoms with Gasteiger partial charge in [0.25, 0.3) is 5.91 Å². The van der Waals surface area contributed by atoms with Gasteiger partial charge in [-0.15, -0.1) is 11.3 Å². The number of carbonyl (C=O) groups is 1. The molecule has 0 aliphatic heterocycles. The van der Waals surface area contributed by atoms with Crippen LogP contribution in [-0.4, -0.2) is 22.8 Å². The molecule has 1 aromatic carbocycles. The summed E-state index contributed by atoms with van der Waals surface area (Å²) >= 11 is 1.26. The Kier molecular flexibility index (Phi) is 3.39. The van der Waals surface area contributed by atoms with E-state index in [1.165, 1.54) is 11.3 Å². The van der Waals surface area contributed by atoms with Crippen LogP contribution >= 0.6 is 11.3 Å². The van der Waals surface area contributed by atoms with Gasteiger partial charge in [0, 0.05) is 17.8 Å². The number of nitrogen functional groups attached to an aromatic ring is 1. The number of furan rings is 1. The maximum Gasteiger partial charge on any atom is 0.273 e. The molecule has 0 saturated heterocycles. The maximum atomic E-state index is 12.4. The Morgan fingerprint density at radius 1 is 1.43 bits per heavy atom. The van der Waals surface area contributed by atoms with Gasteiger partial charge in [0.2, 0.25) is 0 Å². The van der Waals surface area contributed by atoms with Crippen molar-refractivity contribution in [3.8, 4) is 0 Å². The second-order valence-electron chi connectivity index (χ2n) is 4.85. The molecule has 21 heavy (non-hydrogen) atoms. The number of fused-ring (bicyclic) bond motifs is 1. The summed E-state index contributed by atoms with van der Waals surface area (Å²) in [6.45, 7) is 1.92. The van der Waals surface area contributed by atoms with Gasteiger partial charge in [0.05, 0.1) is 6.04 Å². The molecule has 0 radical (unpaired) electrons. The Hall–Kier alpha value is -2.34. The number of para-hydroxylation sites is 1. The molecule has 0 aliphatic carbocycles. The summed E-state index contributed by atoms with van der Waals surface area (Å²) in [6.07, 6.45) is 0. The number of anilines is 1. The topological polar surface area (TPSA) is 72.4 Å². The third-order valence-corrected chi connectivity index (χ3v) is 4.17. The summed E-state index contributed by atoms with van der Waals surface area (Å²) in [6, 6.07) is 9.55. The molecule has 1 amide bonds. The zero-order valence-corrected chi connectivity index (χ0v) is 12.6. The first-order chi connectivity index (χ1) is 10.1. The molecule has 2 aromatic heterocycles. The van der Waals surface area contributed by atoms with Crippen LogP contribution in [0.2, 0.25) is 0 Å². The minimum Gasteiger partial charge on any atom is -0.459 e. The summed E-state index contributed by atoms with van der Waals surface area (Å²) in [5, 5.41) is 3.08. The van der Waals surface area contributed by atoms with E-state index >= 15 is 0 Å². The van der Waals surface area contributed by atoms with Gasteiger partial charge in [-0.2, -0.15) is 0 Å². The predicted octanol–water partition coefficient (Wildman–Crippen LogP) is 3.30. The van der Waals surface area contributed by atoms with Gasteiger partial charge in [-0.3, -0.25) is 4.79 Å². The zero-order chi connectivity index (χ0) is 15.0. The molecule has 0 bridgehead atoms. The van der Waals surface area contributed by atoms with Crippen LogP contribution in [0.1, 0.15) is 29.2 Å². The summed E-state index contributed by atoms with van der Waals surface area (Å²) < 4.78 is 5.81. The summed E-state index contributed by atoms with van der Waals surface area (Å²) in [4.78, 5) is 18.0. The fourth-order valence-electron chi connectivity index (χ4n) is 2.14. The minimum atomic E-state index is -0.187. The quantitative estimate of drug-likeness (QED) is 0.805. The van der Waals surface area contributed by atoms with Gasteiger partial charge < -0.3 is 15.1 Å². The summed E-state index contributed by atoms with van der Waals surface area (Å²) in [5.74, 6) is 0.575. The van der Waals surface area contributed by atoms with Gasteiger partial charge in [-0.25, -0.2) is 4.98 Å². The van der Waals surface area contributed by atoms with Crippen LogP contribution in [0.15, 0.2) is 40.1 Å². The summed E-state index contributed by atoms with van der Waals surface area (Å²) in [7, 11) is 1.73. The van der Waals surface area contributed by atoms with Crippen molar-refractivity contribution in [3.05, 3.63) is 47.2 Å². The van der Waals surface area contributed by atoms with Crippen LogP contribution in [0.25, 0.3) is 11.0 Å². The van der Waals surface area contributed by atoms with Crippen LogP contribution in [0.3, 0.4) is 0 Å². The van der Waals surface area contributed by atoms with Gasteiger partial charge >= 0.3 is 0 Å². The molecule has 3 aromatic rings. The van der Waals surface area contributed by atoms with Crippen LogP contribution < -0.4 is 5.73 Å². The van der Waals surface area contributed by atoms with E-state index < -0.39 is 0 Å². The highest BCUT2D eigenvalue weighted by molar-refractivity contribution is 7.13. The van der Waals surface area contributed by atoms with Crippen molar-refractivity contribution >= 4 is 33.3 Å². The second kappa shape index (κ2) is 5.21. The number of hydrogen-bond acceptors (Lipinski definition) is 5. The first-order valence-corrected chi connectivity index (χ1v) is 7.41. The lowest BCUT2D eigenvalue weighted by molar-refractivity contribution is 0.0722. The smallest absolute Gasteiger partial charge is 0.273 e. The van der Waals surface area contributed by atoms with Crippen molar-refractivity contribution in [2.45, 2.75) is 13.0 Å². The van der Waals surface area contributed by atoms with Gasteiger partial charge in [0.15, 0.2) is 5.13 Å². The number of nitrogens with zero attached hydrogens (tertiary/aromatic N) is 2. The number of thiazole rings is 1. The molecular weight excluding hydrogens is 286 g/mol. The van der Waals surface area contributed by atoms with E-state index in [1.807, 2.05) is 37.3 Å². The van der Waals surface area contributed by atoms with E-state index in [4.69, 9.17) is 10.2 Å². The fourth-order valence-corrected chi connectivity index (χ4v) is 2.68. The molecule has 2 N–H and O–H groups in total. The van der Waals surface area contributed by atoms with Crippen LogP contribution in [-0.2, 0) is 0 Å². The normalized spacial score (nSPS) is 12.5. The largest absolute Gasteiger partial charge is 0.459 e. The lowest BCUT2D eigenvalue weighted by Crippen LogP contribution is -2.29. The lowest BCUT2D eigenvalue weighted by atomic mass is 10.2. The molecule has 0 fully saturated rings. The lowest BCUT2D eigenvalue weighted by Gasteiger charge is -2.22.